The molecule has 0 saturated carbocycles. The molecule has 2 rings (SSSR count). The summed E-state index contributed by atoms with van der Waals surface area (Å²) in [5.41, 5.74) is 6.81. The minimum Gasteiger partial charge on any atom is -0.424 e. The van der Waals surface area contributed by atoms with Crippen molar-refractivity contribution in [2.75, 3.05) is 0 Å². The highest BCUT2D eigenvalue weighted by Crippen LogP contribution is 2.20. The monoisotopic (exact) mass is 215 g/mol. The molecule has 4 heteroatoms. The lowest BCUT2D eigenvalue weighted by molar-refractivity contribution is 0.441. The Bertz CT molecular complexity index is 457. The van der Waals surface area contributed by atoms with Gasteiger partial charge in [-0.25, -0.2) is 9.97 Å². The standard InChI is InChI=1S/C12H13N3O/c1-9(13)10-4-2-5-11(8-10)16-12-14-6-3-7-15-12/h2-9H,13H2,1H3/t9-/m1/s1. The maximum atomic E-state index is 5.79. The van der Waals surface area contributed by atoms with Crippen LogP contribution in [0.5, 0.6) is 11.8 Å². The molecule has 0 unspecified atom stereocenters. The van der Waals surface area contributed by atoms with Gasteiger partial charge in [-0.05, 0) is 30.7 Å². The maximum absolute atomic E-state index is 5.79. The smallest absolute Gasteiger partial charge is 0.321 e. The fourth-order valence-corrected chi connectivity index (χ4v) is 1.30. The Kier molecular flexibility index (Phi) is 3.12. The predicted octanol–water partition coefficient (Wildman–Crippen LogP) is 2.29. The highest BCUT2D eigenvalue weighted by Gasteiger charge is 2.03. The lowest BCUT2D eigenvalue weighted by atomic mass is 10.1. The summed E-state index contributed by atoms with van der Waals surface area (Å²) in [6, 6.07) is 9.67. The summed E-state index contributed by atoms with van der Waals surface area (Å²) >= 11 is 0. The van der Waals surface area contributed by atoms with Crippen molar-refractivity contribution < 1.29 is 4.74 Å². The van der Waals surface area contributed by atoms with Crippen LogP contribution in [-0.4, -0.2) is 9.97 Å². The Balaban J connectivity index is 2.19. The number of hydrogen-bond donors (Lipinski definition) is 1. The van der Waals surface area contributed by atoms with Gasteiger partial charge < -0.3 is 10.5 Å². The first-order valence-corrected chi connectivity index (χ1v) is 5.06. The molecule has 16 heavy (non-hydrogen) atoms. The Hall–Kier alpha value is -1.94. The zero-order chi connectivity index (χ0) is 11.4. The second-order valence-corrected chi connectivity index (χ2v) is 3.49. The third-order valence-corrected chi connectivity index (χ3v) is 2.14. The normalized spacial score (nSPS) is 12.1. The van der Waals surface area contributed by atoms with E-state index in [2.05, 4.69) is 9.97 Å². The first kappa shape index (κ1) is 10.6. The SMILES string of the molecule is C[C@@H](N)c1cccc(Oc2ncccn2)c1. The van der Waals surface area contributed by atoms with Crippen molar-refractivity contribution in [2.45, 2.75) is 13.0 Å². The fraction of sp³-hybridized carbons (Fsp3) is 0.167. The Morgan fingerprint density at radius 3 is 2.62 bits per heavy atom. The third kappa shape index (κ3) is 2.55. The van der Waals surface area contributed by atoms with E-state index in [1.807, 2.05) is 31.2 Å². The van der Waals surface area contributed by atoms with E-state index in [1.54, 1.807) is 18.5 Å². The summed E-state index contributed by atoms with van der Waals surface area (Å²) in [5.74, 6) is 0.695. The van der Waals surface area contributed by atoms with E-state index < -0.39 is 0 Å². The van der Waals surface area contributed by atoms with Crippen LogP contribution in [0.2, 0.25) is 0 Å². The summed E-state index contributed by atoms with van der Waals surface area (Å²) in [4.78, 5) is 7.97. The molecule has 0 spiro atoms. The zero-order valence-electron chi connectivity index (χ0n) is 9.00. The van der Waals surface area contributed by atoms with Gasteiger partial charge in [-0.1, -0.05) is 12.1 Å². The van der Waals surface area contributed by atoms with Gasteiger partial charge in [-0.3, -0.25) is 0 Å². The Morgan fingerprint density at radius 1 is 1.19 bits per heavy atom. The van der Waals surface area contributed by atoms with Crippen molar-refractivity contribution in [1.82, 2.24) is 9.97 Å². The number of nitrogens with zero attached hydrogens (tertiary/aromatic N) is 2. The van der Waals surface area contributed by atoms with Crippen molar-refractivity contribution in [1.29, 1.82) is 0 Å². The molecule has 0 bridgehead atoms. The van der Waals surface area contributed by atoms with E-state index in [4.69, 9.17) is 10.5 Å². The molecule has 4 nitrogen and oxygen atoms in total. The van der Waals surface area contributed by atoms with Gasteiger partial charge in [0.2, 0.25) is 0 Å². The molecule has 0 saturated heterocycles. The molecule has 2 N–H and O–H groups in total. The predicted molar refractivity (Wildman–Crippen MR) is 61.2 cm³/mol. The van der Waals surface area contributed by atoms with Gasteiger partial charge in [-0.2, -0.15) is 0 Å². The van der Waals surface area contributed by atoms with Crippen LogP contribution in [0.15, 0.2) is 42.7 Å². The summed E-state index contributed by atoms with van der Waals surface area (Å²) in [6.07, 6.45) is 3.27. The second kappa shape index (κ2) is 4.72. The van der Waals surface area contributed by atoms with Crippen LogP contribution in [0.1, 0.15) is 18.5 Å². The van der Waals surface area contributed by atoms with E-state index in [9.17, 15) is 0 Å². The van der Waals surface area contributed by atoms with E-state index >= 15 is 0 Å². The lowest BCUT2D eigenvalue weighted by Gasteiger charge is -2.08. The summed E-state index contributed by atoms with van der Waals surface area (Å²) < 4.78 is 5.49. The van der Waals surface area contributed by atoms with Crippen LogP contribution in [0.3, 0.4) is 0 Å². The number of benzene rings is 1. The molecule has 1 aromatic heterocycles. The third-order valence-electron chi connectivity index (χ3n) is 2.14. The molecular weight excluding hydrogens is 202 g/mol. The molecule has 0 radical (unpaired) electrons. The largest absolute Gasteiger partial charge is 0.424 e. The number of rotatable bonds is 3. The molecule has 82 valence electrons. The minimum atomic E-state index is -0.0137. The van der Waals surface area contributed by atoms with Crippen molar-refractivity contribution in [3.8, 4) is 11.8 Å². The summed E-state index contributed by atoms with van der Waals surface area (Å²) in [6.45, 7) is 1.93. The number of hydrogen-bond acceptors (Lipinski definition) is 4. The molecule has 0 amide bonds. The van der Waals surface area contributed by atoms with Crippen LogP contribution in [0.25, 0.3) is 0 Å². The topological polar surface area (TPSA) is 61.0 Å². The molecule has 1 heterocycles. The average Bonchev–Trinajstić information content (AvgIpc) is 2.30. The van der Waals surface area contributed by atoms with E-state index in [-0.39, 0.29) is 6.04 Å². The number of nitrogens with two attached hydrogens (primary N) is 1. The fourth-order valence-electron chi connectivity index (χ4n) is 1.30. The van der Waals surface area contributed by atoms with E-state index in [1.165, 1.54) is 0 Å². The highest BCUT2D eigenvalue weighted by molar-refractivity contribution is 5.31. The van der Waals surface area contributed by atoms with Gasteiger partial charge in [0.05, 0.1) is 0 Å². The van der Waals surface area contributed by atoms with Crippen molar-refractivity contribution in [3.05, 3.63) is 48.3 Å². The molecule has 0 aliphatic heterocycles. The molecule has 0 aliphatic carbocycles. The van der Waals surface area contributed by atoms with Crippen molar-refractivity contribution >= 4 is 0 Å². The quantitative estimate of drug-likeness (QED) is 0.853. The number of aromatic nitrogens is 2. The molecule has 1 atom stereocenters. The minimum absolute atomic E-state index is 0.0137. The molecular formula is C12H13N3O. The summed E-state index contributed by atoms with van der Waals surface area (Å²) in [5, 5.41) is 0. The first-order valence-electron chi connectivity index (χ1n) is 5.06. The Morgan fingerprint density at radius 2 is 1.94 bits per heavy atom. The van der Waals surface area contributed by atoms with E-state index in [0.717, 1.165) is 5.56 Å². The zero-order valence-corrected chi connectivity index (χ0v) is 9.00. The molecule has 0 aliphatic rings. The number of ether oxygens (including phenoxy) is 1. The van der Waals surface area contributed by atoms with Gasteiger partial charge in [0.25, 0.3) is 0 Å². The average molecular weight is 215 g/mol. The van der Waals surface area contributed by atoms with Crippen molar-refractivity contribution in [3.63, 3.8) is 0 Å². The van der Waals surface area contributed by atoms with Crippen LogP contribution in [0, 0.1) is 0 Å². The Labute approximate surface area is 94.1 Å². The molecule has 2 aromatic rings. The first-order chi connectivity index (χ1) is 7.75. The van der Waals surface area contributed by atoms with Crippen molar-refractivity contribution in [2.24, 2.45) is 5.73 Å². The van der Waals surface area contributed by atoms with Crippen LogP contribution in [-0.2, 0) is 0 Å². The van der Waals surface area contributed by atoms with Crippen LogP contribution >= 0.6 is 0 Å². The highest BCUT2D eigenvalue weighted by atomic mass is 16.5. The molecule has 0 fully saturated rings. The van der Waals surface area contributed by atoms with Crippen LogP contribution in [0.4, 0.5) is 0 Å². The summed E-state index contributed by atoms with van der Waals surface area (Å²) in [7, 11) is 0. The van der Waals surface area contributed by atoms with Gasteiger partial charge in [-0.15, -0.1) is 0 Å². The maximum Gasteiger partial charge on any atom is 0.321 e. The van der Waals surface area contributed by atoms with Gasteiger partial charge in [0.15, 0.2) is 0 Å². The van der Waals surface area contributed by atoms with Gasteiger partial charge in [0, 0.05) is 18.4 Å². The van der Waals surface area contributed by atoms with Gasteiger partial charge >= 0.3 is 6.01 Å². The lowest BCUT2D eigenvalue weighted by Crippen LogP contribution is -2.04. The molecule has 1 aromatic carbocycles. The second-order valence-electron chi connectivity index (χ2n) is 3.49. The van der Waals surface area contributed by atoms with E-state index in [0.29, 0.717) is 11.8 Å². The van der Waals surface area contributed by atoms with Crippen LogP contribution < -0.4 is 10.5 Å². The van der Waals surface area contributed by atoms with Gasteiger partial charge in [0.1, 0.15) is 5.75 Å².